The van der Waals surface area contributed by atoms with Crippen molar-refractivity contribution in [1.29, 1.82) is 0 Å². The highest BCUT2D eigenvalue weighted by Crippen LogP contribution is 2.23. The monoisotopic (exact) mass is 319 g/mol. The summed E-state index contributed by atoms with van der Waals surface area (Å²) in [6.07, 6.45) is 2.89. The molecule has 3 heteroatoms. The largest absolute Gasteiger partial charge is 0.388 e. The van der Waals surface area contributed by atoms with E-state index in [1.165, 1.54) is 11.1 Å². The van der Waals surface area contributed by atoms with Gasteiger partial charge in [-0.05, 0) is 42.2 Å². The molecule has 19 heavy (non-hydrogen) atoms. The molecule has 1 aromatic carbocycles. The minimum Gasteiger partial charge on any atom is -0.388 e. The van der Waals surface area contributed by atoms with E-state index >= 15 is 0 Å². The Kier molecular flexibility index (Phi) is 4.72. The van der Waals surface area contributed by atoms with Crippen molar-refractivity contribution in [2.24, 2.45) is 0 Å². The number of hydrogen-bond acceptors (Lipinski definition) is 2. The van der Waals surface area contributed by atoms with Crippen LogP contribution in [0.25, 0.3) is 0 Å². The number of aryl methyl sites for hydroxylation is 2. The first kappa shape index (κ1) is 14.2. The zero-order chi connectivity index (χ0) is 13.8. The lowest BCUT2D eigenvalue weighted by Crippen LogP contribution is -2.04. The van der Waals surface area contributed by atoms with Crippen molar-refractivity contribution in [2.45, 2.75) is 32.8 Å². The molecule has 0 fully saturated rings. The minimum absolute atomic E-state index is 0.517. The molecule has 2 aromatic rings. The Morgan fingerprint density at radius 1 is 1.26 bits per heavy atom. The van der Waals surface area contributed by atoms with E-state index in [0.29, 0.717) is 6.42 Å². The summed E-state index contributed by atoms with van der Waals surface area (Å²) >= 11 is 3.49. The average Bonchev–Trinajstić information content (AvgIpc) is 2.42. The van der Waals surface area contributed by atoms with Crippen molar-refractivity contribution in [3.05, 3.63) is 63.4 Å². The molecule has 0 saturated carbocycles. The molecule has 1 atom stereocenters. The quantitative estimate of drug-likeness (QED) is 0.924. The molecule has 100 valence electrons. The lowest BCUT2D eigenvalue weighted by molar-refractivity contribution is 0.177. The number of pyridine rings is 1. The summed E-state index contributed by atoms with van der Waals surface area (Å²) in [5.41, 5.74) is 4.22. The zero-order valence-corrected chi connectivity index (χ0v) is 12.8. The topological polar surface area (TPSA) is 33.1 Å². The molecule has 1 heterocycles. The lowest BCUT2D eigenvalue weighted by Gasteiger charge is -2.12. The van der Waals surface area contributed by atoms with Gasteiger partial charge in [0, 0.05) is 22.8 Å². The Morgan fingerprint density at radius 3 is 2.63 bits per heavy atom. The first-order valence-electron chi connectivity index (χ1n) is 6.48. The maximum atomic E-state index is 10.3. The highest BCUT2D eigenvalue weighted by Gasteiger charge is 2.10. The summed E-state index contributed by atoms with van der Waals surface area (Å²) in [7, 11) is 0. The van der Waals surface area contributed by atoms with E-state index in [1.807, 2.05) is 37.4 Å². The van der Waals surface area contributed by atoms with Crippen LogP contribution in [0.3, 0.4) is 0 Å². The molecule has 1 N–H and O–H groups in total. The summed E-state index contributed by atoms with van der Waals surface area (Å²) in [5.74, 6) is 0. The molecule has 0 bridgehead atoms. The highest BCUT2D eigenvalue weighted by atomic mass is 79.9. The zero-order valence-electron chi connectivity index (χ0n) is 11.2. The fourth-order valence-corrected chi connectivity index (χ4v) is 2.31. The standard InChI is InChI=1S/C16H18BrNO/c1-3-12-5-7-14(18-10-12)9-16(19)13-6-4-11(2)15(17)8-13/h4-8,10,16,19H,3,9H2,1-2H3. The van der Waals surface area contributed by atoms with Gasteiger partial charge in [-0.15, -0.1) is 0 Å². The number of aromatic nitrogens is 1. The van der Waals surface area contributed by atoms with Crippen molar-refractivity contribution in [2.75, 3.05) is 0 Å². The van der Waals surface area contributed by atoms with E-state index < -0.39 is 6.10 Å². The van der Waals surface area contributed by atoms with Gasteiger partial charge < -0.3 is 5.11 Å². The summed E-state index contributed by atoms with van der Waals surface area (Å²) in [6, 6.07) is 10.0. The molecular formula is C16H18BrNO. The van der Waals surface area contributed by atoms with Crippen molar-refractivity contribution in [3.63, 3.8) is 0 Å². The van der Waals surface area contributed by atoms with Gasteiger partial charge in [-0.1, -0.05) is 41.1 Å². The molecule has 0 amide bonds. The third kappa shape index (κ3) is 3.64. The van der Waals surface area contributed by atoms with Crippen molar-refractivity contribution in [3.8, 4) is 0 Å². The minimum atomic E-state index is -0.517. The predicted octanol–water partition coefficient (Wildman–Crippen LogP) is 3.99. The van der Waals surface area contributed by atoms with Gasteiger partial charge in [0.15, 0.2) is 0 Å². The second-order valence-corrected chi connectivity index (χ2v) is 5.59. The van der Waals surface area contributed by atoms with Crippen LogP contribution in [0.4, 0.5) is 0 Å². The normalized spacial score (nSPS) is 12.4. The van der Waals surface area contributed by atoms with Gasteiger partial charge >= 0.3 is 0 Å². The number of nitrogens with zero attached hydrogens (tertiary/aromatic N) is 1. The number of benzene rings is 1. The molecular weight excluding hydrogens is 302 g/mol. The number of rotatable bonds is 4. The Morgan fingerprint density at radius 2 is 2.05 bits per heavy atom. The van der Waals surface area contributed by atoms with Gasteiger partial charge in [0.25, 0.3) is 0 Å². The van der Waals surface area contributed by atoms with E-state index in [9.17, 15) is 5.11 Å². The van der Waals surface area contributed by atoms with E-state index in [-0.39, 0.29) is 0 Å². The van der Waals surface area contributed by atoms with Crippen LogP contribution >= 0.6 is 15.9 Å². The SMILES string of the molecule is CCc1ccc(CC(O)c2ccc(C)c(Br)c2)nc1. The molecule has 0 aliphatic carbocycles. The molecule has 1 aromatic heterocycles. The molecule has 2 rings (SSSR count). The van der Waals surface area contributed by atoms with Crippen molar-refractivity contribution < 1.29 is 5.11 Å². The molecule has 2 nitrogen and oxygen atoms in total. The van der Waals surface area contributed by atoms with Crippen LogP contribution in [0.15, 0.2) is 41.0 Å². The smallest absolute Gasteiger partial charge is 0.0845 e. The first-order chi connectivity index (χ1) is 9.10. The maximum absolute atomic E-state index is 10.3. The molecule has 0 aliphatic rings. The molecule has 0 saturated heterocycles. The van der Waals surface area contributed by atoms with Crippen molar-refractivity contribution >= 4 is 15.9 Å². The van der Waals surface area contributed by atoms with E-state index in [1.54, 1.807) is 0 Å². The van der Waals surface area contributed by atoms with Crippen LogP contribution in [0.2, 0.25) is 0 Å². The number of halogens is 1. The van der Waals surface area contributed by atoms with Gasteiger partial charge in [-0.3, -0.25) is 4.98 Å². The summed E-state index contributed by atoms with van der Waals surface area (Å²) < 4.78 is 1.03. The Balaban J connectivity index is 2.10. The second-order valence-electron chi connectivity index (χ2n) is 4.74. The number of hydrogen-bond donors (Lipinski definition) is 1. The van der Waals surface area contributed by atoms with Crippen LogP contribution < -0.4 is 0 Å². The summed E-state index contributed by atoms with van der Waals surface area (Å²) in [4.78, 5) is 4.38. The fraction of sp³-hybridized carbons (Fsp3) is 0.312. The molecule has 0 radical (unpaired) electrons. The van der Waals surface area contributed by atoms with Crippen LogP contribution in [-0.2, 0) is 12.8 Å². The predicted molar refractivity (Wildman–Crippen MR) is 81.2 cm³/mol. The Hall–Kier alpha value is -1.19. The van der Waals surface area contributed by atoms with Gasteiger partial charge in [0.1, 0.15) is 0 Å². The Labute approximate surface area is 122 Å². The van der Waals surface area contributed by atoms with E-state index in [2.05, 4.69) is 33.9 Å². The highest BCUT2D eigenvalue weighted by molar-refractivity contribution is 9.10. The van der Waals surface area contributed by atoms with Gasteiger partial charge in [-0.2, -0.15) is 0 Å². The van der Waals surface area contributed by atoms with Crippen LogP contribution in [0, 0.1) is 6.92 Å². The fourth-order valence-electron chi connectivity index (χ4n) is 1.92. The maximum Gasteiger partial charge on any atom is 0.0845 e. The third-order valence-electron chi connectivity index (χ3n) is 3.28. The third-order valence-corrected chi connectivity index (χ3v) is 4.13. The van der Waals surface area contributed by atoms with Crippen LogP contribution in [-0.4, -0.2) is 10.1 Å². The van der Waals surface area contributed by atoms with Crippen molar-refractivity contribution in [1.82, 2.24) is 4.98 Å². The average molecular weight is 320 g/mol. The first-order valence-corrected chi connectivity index (χ1v) is 7.27. The van der Waals surface area contributed by atoms with Gasteiger partial charge in [0.05, 0.1) is 6.10 Å². The number of aliphatic hydroxyl groups is 1. The lowest BCUT2D eigenvalue weighted by atomic mass is 10.0. The molecule has 0 aliphatic heterocycles. The molecule has 1 unspecified atom stereocenters. The Bertz CT molecular complexity index is 551. The van der Waals surface area contributed by atoms with Crippen LogP contribution in [0.1, 0.15) is 35.4 Å². The van der Waals surface area contributed by atoms with Gasteiger partial charge in [-0.25, -0.2) is 0 Å². The number of aliphatic hydroxyl groups excluding tert-OH is 1. The summed E-state index contributed by atoms with van der Waals surface area (Å²) in [6.45, 7) is 4.14. The van der Waals surface area contributed by atoms with Gasteiger partial charge in [0.2, 0.25) is 0 Å². The molecule has 0 spiro atoms. The van der Waals surface area contributed by atoms with Crippen LogP contribution in [0.5, 0.6) is 0 Å². The van der Waals surface area contributed by atoms with E-state index in [0.717, 1.165) is 22.2 Å². The summed E-state index contributed by atoms with van der Waals surface area (Å²) in [5, 5.41) is 10.3. The van der Waals surface area contributed by atoms with E-state index in [4.69, 9.17) is 0 Å². The second kappa shape index (κ2) is 6.31.